The first-order valence-corrected chi connectivity index (χ1v) is 10.6. The summed E-state index contributed by atoms with van der Waals surface area (Å²) in [7, 11) is 0. The van der Waals surface area contributed by atoms with E-state index in [9.17, 15) is 9.59 Å². The molecule has 0 spiro atoms. The van der Waals surface area contributed by atoms with Crippen molar-refractivity contribution in [3.05, 3.63) is 93.9 Å². The zero-order chi connectivity index (χ0) is 20.8. The lowest BCUT2D eigenvalue weighted by molar-refractivity contribution is -0.126. The second-order valence-corrected chi connectivity index (χ2v) is 8.55. The number of nitrogens with zero attached hydrogens (tertiary/aromatic N) is 2. The summed E-state index contributed by atoms with van der Waals surface area (Å²) in [6.07, 6.45) is -0.898. The van der Waals surface area contributed by atoms with Crippen LogP contribution in [0.4, 0.5) is 11.4 Å². The average molecular weight is 484 g/mol. The highest BCUT2D eigenvalue weighted by atomic mass is 79.9. The maximum absolute atomic E-state index is 13.5. The van der Waals surface area contributed by atoms with Crippen molar-refractivity contribution in [1.82, 2.24) is 0 Å². The Bertz CT molecular complexity index is 1120. The maximum Gasteiger partial charge on any atom is 0.266 e. The number of amides is 2. The predicted octanol–water partition coefficient (Wildman–Crippen LogP) is 5.15. The van der Waals surface area contributed by atoms with Crippen molar-refractivity contribution in [2.75, 3.05) is 9.96 Å². The van der Waals surface area contributed by atoms with Crippen LogP contribution in [0.25, 0.3) is 0 Å². The molecular formula is C23H16BrClN2O3. The third-order valence-electron chi connectivity index (χ3n) is 5.40. The highest BCUT2D eigenvalue weighted by Gasteiger charge is 2.60. The van der Waals surface area contributed by atoms with Gasteiger partial charge in [0.1, 0.15) is 5.92 Å². The summed E-state index contributed by atoms with van der Waals surface area (Å²) >= 11 is 9.62. The largest absolute Gasteiger partial charge is 0.273 e. The van der Waals surface area contributed by atoms with Gasteiger partial charge in [-0.1, -0.05) is 57.9 Å². The summed E-state index contributed by atoms with van der Waals surface area (Å²) in [6, 6.07) is 23.4. The van der Waals surface area contributed by atoms with Gasteiger partial charge in [0, 0.05) is 9.50 Å². The van der Waals surface area contributed by atoms with Gasteiger partial charge in [0.15, 0.2) is 6.10 Å². The molecule has 30 heavy (non-hydrogen) atoms. The number of rotatable bonds is 3. The number of halogens is 2. The molecule has 0 bridgehead atoms. The first-order valence-electron chi connectivity index (χ1n) is 9.44. The van der Waals surface area contributed by atoms with Crippen molar-refractivity contribution in [1.29, 1.82) is 0 Å². The van der Waals surface area contributed by atoms with E-state index in [0.717, 1.165) is 15.7 Å². The molecule has 7 heteroatoms. The summed E-state index contributed by atoms with van der Waals surface area (Å²) in [5.74, 6) is -1.33. The van der Waals surface area contributed by atoms with Crippen molar-refractivity contribution >= 4 is 50.7 Å². The number of anilines is 2. The van der Waals surface area contributed by atoms with Gasteiger partial charge < -0.3 is 0 Å². The van der Waals surface area contributed by atoms with E-state index in [-0.39, 0.29) is 11.8 Å². The van der Waals surface area contributed by atoms with E-state index in [1.807, 2.05) is 48.5 Å². The minimum atomic E-state index is -0.898. The van der Waals surface area contributed by atoms with Crippen LogP contribution in [0.5, 0.6) is 0 Å². The molecule has 2 fully saturated rings. The lowest BCUT2D eigenvalue weighted by Gasteiger charge is -2.28. The van der Waals surface area contributed by atoms with Crippen LogP contribution in [0.15, 0.2) is 83.3 Å². The Morgan fingerprint density at radius 2 is 1.57 bits per heavy atom. The number of hydrogen-bond donors (Lipinski definition) is 0. The van der Waals surface area contributed by atoms with Crippen LogP contribution >= 0.6 is 27.5 Å². The van der Waals surface area contributed by atoms with E-state index < -0.39 is 18.1 Å². The van der Waals surface area contributed by atoms with Crippen molar-refractivity contribution in [3.63, 3.8) is 0 Å². The topological polar surface area (TPSA) is 49.9 Å². The van der Waals surface area contributed by atoms with Gasteiger partial charge in [-0.3, -0.25) is 14.4 Å². The van der Waals surface area contributed by atoms with E-state index >= 15 is 0 Å². The minimum absolute atomic E-state index is 0.282. The summed E-state index contributed by atoms with van der Waals surface area (Å²) < 4.78 is 0.869. The van der Waals surface area contributed by atoms with Gasteiger partial charge in [-0.05, 0) is 54.1 Å². The normalized spacial score (nSPS) is 23.2. The summed E-state index contributed by atoms with van der Waals surface area (Å²) in [5.41, 5.74) is 2.12. The SMILES string of the molecule is O=C1[C@@H]2[C@@H](c3cccc(Cl)c3)N(c3ccccc3)O[C@H]2C(=O)N1c1ccc(Br)cc1. The van der Waals surface area contributed by atoms with Gasteiger partial charge in [0.05, 0.1) is 17.4 Å². The molecule has 3 atom stereocenters. The Kier molecular flexibility index (Phi) is 4.85. The fraction of sp³-hybridized carbons (Fsp3) is 0.130. The molecule has 150 valence electrons. The standard InChI is InChI=1S/C23H16BrClN2O3/c24-15-9-11-17(12-10-15)26-22(28)19-20(14-5-4-6-16(25)13-14)27(30-21(19)23(26)29)18-7-2-1-3-8-18/h1-13,19-21H/t19-,20-,21-/m1/s1. The van der Waals surface area contributed by atoms with E-state index in [4.69, 9.17) is 16.4 Å². The van der Waals surface area contributed by atoms with Crippen LogP contribution in [0.1, 0.15) is 11.6 Å². The van der Waals surface area contributed by atoms with Gasteiger partial charge in [-0.2, -0.15) is 0 Å². The number of imide groups is 1. The Morgan fingerprint density at radius 3 is 2.27 bits per heavy atom. The molecule has 0 aromatic heterocycles. The van der Waals surface area contributed by atoms with Gasteiger partial charge in [-0.25, -0.2) is 9.96 Å². The van der Waals surface area contributed by atoms with E-state index in [0.29, 0.717) is 10.7 Å². The second kappa shape index (κ2) is 7.54. The molecule has 0 aliphatic carbocycles. The van der Waals surface area contributed by atoms with Crippen molar-refractivity contribution in [3.8, 4) is 0 Å². The maximum atomic E-state index is 13.5. The Labute approximate surface area is 186 Å². The Morgan fingerprint density at radius 1 is 0.833 bits per heavy atom. The van der Waals surface area contributed by atoms with E-state index in [1.165, 1.54) is 4.90 Å². The van der Waals surface area contributed by atoms with Crippen LogP contribution in [0, 0.1) is 5.92 Å². The molecule has 2 aliphatic rings. The highest BCUT2D eigenvalue weighted by molar-refractivity contribution is 9.10. The fourth-order valence-electron chi connectivity index (χ4n) is 4.09. The molecule has 0 saturated carbocycles. The quantitative estimate of drug-likeness (QED) is 0.483. The third-order valence-corrected chi connectivity index (χ3v) is 6.16. The van der Waals surface area contributed by atoms with Gasteiger partial charge in [0.25, 0.3) is 5.91 Å². The van der Waals surface area contributed by atoms with Crippen molar-refractivity contribution < 1.29 is 14.4 Å². The number of hydrogen-bond acceptors (Lipinski definition) is 4. The number of carbonyl (C=O) groups excluding carboxylic acids is 2. The zero-order valence-corrected chi connectivity index (χ0v) is 18.0. The molecule has 3 aromatic rings. The first-order chi connectivity index (χ1) is 14.5. The molecular weight excluding hydrogens is 468 g/mol. The molecule has 2 amide bonds. The Hall–Kier alpha value is -2.67. The number of benzene rings is 3. The van der Waals surface area contributed by atoms with E-state index in [2.05, 4.69) is 15.9 Å². The van der Waals surface area contributed by atoms with Gasteiger partial charge in [0.2, 0.25) is 5.91 Å². The van der Waals surface area contributed by atoms with Crippen LogP contribution in [0.3, 0.4) is 0 Å². The smallest absolute Gasteiger partial charge is 0.266 e. The van der Waals surface area contributed by atoms with Crippen LogP contribution < -0.4 is 9.96 Å². The Balaban J connectivity index is 1.59. The monoisotopic (exact) mass is 482 g/mol. The predicted molar refractivity (Wildman–Crippen MR) is 118 cm³/mol. The summed E-state index contributed by atoms with van der Waals surface area (Å²) in [4.78, 5) is 34.0. The number of para-hydroxylation sites is 1. The number of carbonyl (C=O) groups is 2. The summed E-state index contributed by atoms with van der Waals surface area (Å²) in [6.45, 7) is 0. The molecule has 2 heterocycles. The highest BCUT2D eigenvalue weighted by Crippen LogP contribution is 2.47. The minimum Gasteiger partial charge on any atom is -0.273 e. The van der Waals surface area contributed by atoms with Crippen LogP contribution in [-0.4, -0.2) is 17.9 Å². The summed E-state index contributed by atoms with van der Waals surface area (Å²) in [5, 5.41) is 2.22. The lowest BCUT2D eigenvalue weighted by atomic mass is 9.90. The number of hydroxylamine groups is 1. The first kappa shape index (κ1) is 19.3. The second-order valence-electron chi connectivity index (χ2n) is 7.20. The fourth-order valence-corrected chi connectivity index (χ4v) is 4.55. The molecule has 0 N–H and O–H groups in total. The zero-order valence-electron chi connectivity index (χ0n) is 15.6. The molecule has 5 rings (SSSR count). The van der Waals surface area contributed by atoms with Gasteiger partial charge in [-0.15, -0.1) is 0 Å². The molecule has 3 aromatic carbocycles. The van der Waals surface area contributed by atoms with E-state index in [1.54, 1.807) is 35.4 Å². The molecule has 5 nitrogen and oxygen atoms in total. The average Bonchev–Trinajstić information content (AvgIpc) is 3.26. The third kappa shape index (κ3) is 3.12. The van der Waals surface area contributed by atoms with Crippen molar-refractivity contribution in [2.45, 2.75) is 12.1 Å². The number of fused-ring (bicyclic) bond motifs is 1. The van der Waals surface area contributed by atoms with Crippen molar-refractivity contribution in [2.24, 2.45) is 5.92 Å². The molecule has 0 unspecified atom stereocenters. The molecule has 2 aliphatic heterocycles. The molecule has 2 saturated heterocycles. The van der Waals surface area contributed by atoms with Gasteiger partial charge >= 0.3 is 0 Å². The van der Waals surface area contributed by atoms with Crippen LogP contribution in [-0.2, 0) is 14.4 Å². The van der Waals surface area contributed by atoms with Crippen LogP contribution in [0.2, 0.25) is 5.02 Å². The molecule has 0 radical (unpaired) electrons. The lowest BCUT2D eigenvalue weighted by Crippen LogP contribution is -2.37.